The lowest BCUT2D eigenvalue weighted by molar-refractivity contribution is 0.447. The van der Waals surface area contributed by atoms with Gasteiger partial charge in [-0.15, -0.1) is 0 Å². The molecular formula is C14H22N2. The lowest BCUT2D eigenvalue weighted by Gasteiger charge is -2.39. The lowest BCUT2D eigenvalue weighted by atomic mass is 10.0. The number of rotatable bonds is 5. The summed E-state index contributed by atoms with van der Waals surface area (Å²) in [5.74, 6) is 0.863. The molecule has 2 heteroatoms. The average molecular weight is 218 g/mol. The van der Waals surface area contributed by atoms with E-state index in [9.17, 15) is 0 Å². The van der Waals surface area contributed by atoms with E-state index in [4.69, 9.17) is 0 Å². The highest BCUT2D eigenvalue weighted by Gasteiger charge is 2.22. The fourth-order valence-corrected chi connectivity index (χ4v) is 2.18. The predicted molar refractivity (Wildman–Crippen MR) is 69.8 cm³/mol. The maximum atomic E-state index is 3.44. The van der Waals surface area contributed by atoms with Crippen LogP contribution in [0.5, 0.6) is 0 Å². The molecule has 1 aromatic rings. The van der Waals surface area contributed by atoms with E-state index in [1.807, 2.05) is 0 Å². The lowest BCUT2D eigenvalue weighted by Crippen LogP contribution is -2.45. The number of hydrogen-bond donors (Lipinski definition) is 1. The maximum absolute atomic E-state index is 3.44. The summed E-state index contributed by atoms with van der Waals surface area (Å²) in [6, 6.07) is 8.90. The van der Waals surface area contributed by atoms with Crippen LogP contribution in [-0.4, -0.2) is 19.6 Å². The van der Waals surface area contributed by atoms with Crippen LogP contribution in [0.25, 0.3) is 0 Å². The monoisotopic (exact) mass is 218 g/mol. The highest BCUT2D eigenvalue weighted by atomic mass is 15.2. The summed E-state index contributed by atoms with van der Waals surface area (Å²) in [5.41, 5.74) is 2.78. The minimum absolute atomic E-state index is 0.863. The first-order valence-electron chi connectivity index (χ1n) is 6.34. The quantitative estimate of drug-likeness (QED) is 0.764. The first-order valence-corrected chi connectivity index (χ1v) is 6.34. The second-order valence-corrected chi connectivity index (χ2v) is 4.86. The van der Waals surface area contributed by atoms with E-state index in [2.05, 4.69) is 48.3 Å². The normalized spacial score (nSPS) is 16.2. The zero-order chi connectivity index (χ0) is 11.4. The van der Waals surface area contributed by atoms with Gasteiger partial charge in [-0.1, -0.05) is 26.0 Å². The molecule has 1 N–H and O–H groups in total. The molecule has 0 spiro atoms. The molecule has 0 bridgehead atoms. The minimum atomic E-state index is 0.863. The Bertz CT molecular complexity index is 329. The van der Waals surface area contributed by atoms with E-state index in [-0.39, 0.29) is 0 Å². The second kappa shape index (κ2) is 5.35. The molecule has 2 rings (SSSR count). The van der Waals surface area contributed by atoms with E-state index in [1.54, 1.807) is 0 Å². The highest BCUT2D eigenvalue weighted by Crippen LogP contribution is 2.24. The molecule has 0 atom stereocenters. The Kier molecular flexibility index (Phi) is 3.83. The Hall–Kier alpha value is -1.02. The summed E-state index contributed by atoms with van der Waals surface area (Å²) in [6.45, 7) is 9.03. The van der Waals surface area contributed by atoms with Gasteiger partial charge in [0, 0.05) is 25.3 Å². The van der Waals surface area contributed by atoms with Crippen molar-refractivity contribution in [2.75, 3.05) is 24.5 Å². The summed E-state index contributed by atoms with van der Waals surface area (Å²) in [7, 11) is 0. The van der Waals surface area contributed by atoms with E-state index in [0.717, 1.165) is 19.0 Å². The van der Waals surface area contributed by atoms with Crippen molar-refractivity contribution in [3.8, 4) is 0 Å². The Balaban J connectivity index is 1.91. The van der Waals surface area contributed by atoms with Crippen molar-refractivity contribution < 1.29 is 0 Å². The zero-order valence-corrected chi connectivity index (χ0v) is 10.4. The molecule has 1 heterocycles. The maximum Gasteiger partial charge on any atom is 0.0369 e. The molecule has 0 saturated carbocycles. The number of hydrogen-bond acceptors (Lipinski definition) is 2. The van der Waals surface area contributed by atoms with Crippen LogP contribution in [0.2, 0.25) is 0 Å². The van der Waals surface area contributed by atoms with E-state index in [1.165, 1.54) is 30.8 Å². The second-order valence-electron chi connectivity index (χ2n) is 4.86. The third kappa shape index (κ3) is 2.76. The van der Waals surface area contributed by atoms with E-state index >= 15 is 0 Å². The smallest absolute Gasteiger partial charge is 0.0369 e. The van der Waals surface area contributed by atoms with Crippen molar-refractivity contribution >= 4 is 5.69 Å². The van der Waals surface area contributed by atoms with Gasteiger partial charge in [-0.05, 0) is 36.6 Å². The first-order chi connectivity index (χ1) is 7.79. The van der Waals surface area contributed by atoms with Crippen molar-refractivity contribution in [2.45, 2.75) is 26.8 Å². The summed E-state index contributed by atoms with van der Waals surface area (Å²) in [5, 5.41) is 3.44. The number of nitrogens with one attached hydrogen (secondary N) is 1. The van der Waals surface area contributed by atoms with Crippen LogP contribution in [0.15, 0.2) is 24.3 Å². The van der Waals surface area contributed by atoms with Gasteiger partial charge in [0.2, 0.25) is 0 Å². The average Bonchev–Trinajstić information content (AvgIpc) is 2.26. The van der Waals surface area contributed by atoms with Crippen LogP contribution in [-0.2, 0) is 6.54 Å². The Morgan fingerprint density at radius 2 is 2.19 bits per heavy atom. The molecule has 0 amide bonds. The zero-order valence-electron chi connectivity index (χ0n) is 10.4. The van der Waals surface area contributed by atoms with Gasteiger partial charge < -0.3 is 10.2 Å². The fraction of sp³-hybridized carbons (Fsp3) is 0.571. The van der Waals surface area contributed by atoms with Gasteiger partial charge >= 0.3 is 0 Å². The highest BCUT2D eigenvalue weighted by molar-refractivity contribution is 5.50. The van der Waals surface area contributed by atoms with Crippen LogP contribution < -0.4 is 10.2 Å². The summed E-state index contributed by atoms with van der Waals surface area (Å²) in [4.78, 5) is 2.45. The van der Waals surface area contributed by atoms with Gasteiger partial charge in [0.05, 0.1) is 0 Å². The number of nitrogens with zero attached hydrogens (tertiary/aromatic N) is 1. The molecule has 88 valence electrons. The van der Waals surface area contributed by atoms with Crippen LogP contribution >= 0.6 is 0 Å². The van der Waals surface area contributed by atoms with Crippen LogP contribution in [0.3, 0.4) is 0 Å². The molecule has 0 aromatic heterocycles. The summed E-state index contributed by atoms with van der Waals surface area (Å²) < 4.78 is 0. The van der Waals surface area contributed by atoms with E-state index < -0.39 is 0 Å². The molecule has 0 unspecified atom stereocenters. The Morgan fingerprint density at radius 3 is 2.88 bits per heavy atom. The van der Waals surface area contributed by atoms with Gasteiger partial charge in [0.15, 0.2) is 0 Å². The molecule has 16 heavy (non-hydrogen) atoms. The molecule has 0 radical (unpaired) electrons. The van der Waals surface area contributed by atoms with Crippen LogP contribution in [0, 0.1) is 5.92 Å². The molecule has 1 saturated heterocycles. The SMILES string of the molecule is CCCNCc1cccc(N2CC(C)C2)c1. The third-order valence-electron chi connectivity index (χ3n) is 3.10. The molecule has 1 aromatic carbocycles. The fourth-order valence-electron chi connectivity index (χ4n) is 2.18. The number of anilines is 1. The van der Waals surface area contributed by atoms with Crippen molar-refractivity contribution in [3.05, 3.63) is 29.8 Å². The summed E-state index contributed by atoms with van der Waals surface area (Å²) in [6.07, 6.45) is 1.20. The topological polar surface area (TPSA) is 15.3 Å². The summed E-state index contributed by atoms with van der Waals surface area (Å²) >= 11 is 0. The molecule has 0 aliphatic carbocycles. The van der Waals surface area contributed by atoms with Gasteiger partial charge in [0.25, 0.3) is 0 Å². The predicted octanol–water partition coefficient (Wildman–Crippen LogP) is 2.64. The Morgan fingerprint density at radius 1 is 1.38 bits per heavy atom. The molecule has 1 aliphatic rings. The standard InChI is InChI=1S/C14H22N2/c1-3-7-15-9-13-5-4-6-14(8-13)16-10-12(2)11-16/h4-6,8,12,15H,3,7,9-11H2,1-2H3. The first kappa shape index (κ1) is 11.5. The molecule has 1 aliphatic heterocycles. The molecular weight excluding hydrogens is 196 g/mol. The van der Waals surface area contributed by atoms with Gasteiger partial charge in [0.1, 0.15) is 0 Å². The van der Waals surface area contributed by atoms with Gasteiger partial charge in [-0.3, -0.25) is 0 Å². The van der Waals surface area contributed by atoms with Crippen LogP contribution in [0.1, 0.15) is 25.8 Å². The van der Waals surface area contributed by atoms with Crippen molar-refractivity contribution in [1.82, 2.24) is 5.32 Å². The van der Waals surface area contributed by atoms with Crippen LogP contribution in [0.4, 0.5) is 5.69 Å². The third-order valence-corrected chi connectivity index (χ3v) is 3.10. The molecule has 1 fully saturated rings. The molecule has 2 nitrogen and oxygen atoms in total. The van der Waals surface area contributed by atoms with E-state index in [0.29, 0.717) is 0 Å². The van der Waals surface area contributed by atoms with Crippen molar-refractivity contribution in [1.29, 1.82) is 0 Å². The minimum Gasteiger partial charge on any atom is -0.371 e. The largest absolute Gasteiger partial charge is 0.371 e. The van der Waals surface area contributed by atoms with Crippen molar-refractivity contribution in [3.63, 3.8) is 0 Å². The van der Waals surface area contributed by atoms with Gasteiger partial charge in [-0.25, -0.2) is 0 Å². The number of benzene rings is 1. The van der Waals surface area contributed by atoms with Crippen molar-refractivity contribution in [2.24, 2.45) is 5.92 Å². The Labute approximate surface area is 98.7 Å². The van der Waals surface area contributed by atoms with Gasteiger partial charge in [-0.2, -0.15) is 0 Å².